The number of carbonyl (C=O) groups excluding carboxylic acids is 1. The molecule has 82 valence electrons. The number of hydrogen-bond acceptors (Lipinski definition) is 3. The molecule has 0 atom stereocenters. The van der Waals surface area contributed by atoms with Gasteiger partial charge in [0.2, 0.25) is 0 Å². The summed E-state index contributed by atoms with van der Waals surface area (Å²) in [7, 11) is 1.58. The molecule has 0 unspecified atom stereocenters. The van der Waals surface area contributed by atoms with Gasteiger partial charge in [-0.15, -0.1) is 0 Å². The zero-order valence-electron chi connectivity index (χ0n) is 8.48. The molecule has 16 heavy (non-hydrogen) atoms. The summed E-state index contributed by atoms with van der Waals surface area (Å²) in [4.78, 5) is 26.9. The van der Waals surface area contributed by atoms with E-state index in [1.807, 2.05) is 0 Å². The maximum absolute atomic E-state index is 11.6. The summed E-state index contributed by atoms with van der Waals surface area (Å²) in [6.45, 7) is 0. The standard InChI is InChI=1S/C10H9N3O2S/c1-13-9(15)7(12-10(13)16)5-6-3-2-4-11-8(6)14/h2-5H,1H3,(H,11,14)(H,12,16)/b7-5+. The molecule has 1 aromatic heterocycles. The normalized spacial score (nSPS) is 18.1. The van der Waals surface area contributed by atoms with E-state index in [1.54, 1.807) is 19.2 Å². The Morgan fingerprint density at radius 1 is 1.44 bits per heavy atom. The quantitative estimate of drug-likeness (QED) is 0.534. The van der Waals surface area contributed by atoms with Crippen LogP contribution in [0.1, 0.15) is 5.56 Å². The van der Waals surface area contributed by atoms with E-state index in [0.29, 0.717) is 16.4 Å². The number of aromatic nitrogens is 1. The Labute approximate surface area is 96.8 Å². The van der Waals surface area contributed by atoms with Crippen molar-refractivity contribution in [2.45, 2.75) is 0 Å². The lowest BCUT2D eigenvalue weighted by Crippen LogP contribution is -2.25. The van der Waals surface area contributed by atoms with E-state index in [1.165, 1.54) is 17.2 Å². The molecule has 2 rings (SSSR count). The number of carbonyl (C=O) groups is 1. The number of H-pyrrole nitrogens is 1. The molecular weight excluding hydrogens is 226 g/mol. The van der Waals surface area contributed by atoms with Crippen molar-refractivity contribution < 1.29 is 4.79 Å². The number of amides is 1. The summed E-state index contributed by atoms with van der Waals surface area (Å²) in [5, 5.41) is 3.08. The average Bonchev–Trinajstić information content (AvgIpc) is 2.50. The second-order valence-electron chi connectivity index (χ2n) is 3.31. The maximum atomic E-state index is 11.6. The van der Waals surface area contributed by atoms with Gasteiger partial charge in [-0.1, -0.05) is 0 Å². The fraction of sp³-hybridized carbons (Fsp3) is 0.100. The minimum absolute atomic E-state index is 0.242. The molecule has 6 heteroatoms. The van der Waals surface area contributed by atoms with Crippen LogP contribution in [0.2, 0.25) is 0 Å². The summed E-state index contributed by atoms with van der Waals surface area (Å²) >= 11 is 4.91. The number of nitrogens with zero attached hydrogens (tertiary/aromatic N) is 1. The molecule has 2 heterocycles. The van der Waals surface area contributed by atoms with Crippen molar-refractivity contribution in [1.82, 2.24) is 15.2 Å². The minimum Gasteiger partial charge on any atom is -0.329 e. The first kappa shape index (κ1) is 10.6. The van der Waals surface area contributed by atoms with Crippen LogP contribution < -0.4 is 10.9 Å². The van der Waals surface area contributed by atoms with Gasteiger partial charge in [0.1, 0.15) is 5.70 Å². The Balaban J connectivity index is 2.41. The van der Waals surface area contributed by atoms with Crippen molar-refractivity contribution in [2.75, 3.05) is 7.05 Å². The Morgan fingerprint density at radius 2 is 2.19 bits per heavy atom. The van der Waals surface area contributed by atoms with Crippen molar-refractivity contribution in [1.29, 1.82) is 0 Å². The van der Waals surface area contributed by atoms with Gasteiger partial charge < -0.3 is 10.3 Å². The average molecular weight is 235 g/mol. The molecule has 5 nitrogen and oxygen atoms in total. The predicted octanol–water partition coefficient (Wildman–Crippen LogP) is 0.0623. The van der Waals surface area contributed by atoms with Crippen LogP contribution in [-0.4, -0.2) is 28.0 Å². The topological polar surface area (TPSA) is 65.2 Å². The highest BCUT2D eigenvalue weighted by atomic mass is 32.1. The van der Waals surface area contributed by atoms with E-state index in [0.717, 1.165) is 0 Å². The zero-order valence-corrected chi connectivity index (χ0v) is 9.30. The first-order valence-electron chi connectivity index (χ1n) is 4.58. The predicted molar refractivity (Wildman–Crippen MR) is 63.5 cm³/mol. The van der Waals surface area contributed by atoms with Gasteiger partial charge in [-0.05, 0) is 30.4 Å². The van der Waals surface area contributed by atoms with E-state index in [4.69, 9.17) is 12.2 Å². The number of nitrogens with one attached hydrogen (secondary N) is 2. The van der Waals surface area contributed by atoms with Crippen molar-refractivity contribution in [3.63, 3.8) is 0 Å². The van der Waals surface area contributed by atoms with Gasteiger partial charge in [0.05, 0.1) is 0 Å². The third-order valence-electron chi connectivity index (χ3n) is 2.23. The molecule has 0 saturated carbocycles. The van der Waals surface area contributed by atoms with Gasteiger partial charge in [-0.25, -0.2) is 0 Å². The van der Waals surface area contributed by atoms with Crippen LogP contribution in [-0.2, 0) is 4.79 Å². The van der Waals surface area contributed by atoms with E-state index < -0.39 is 0 Å². The van der Waals surface area contributed by atoms with Gasteiger partial charge in [0.25, 0.3) is 11.5 Å². The molecule has 0 spiro atoms. The fourth-order valence-corrected chi connectivity index (χ4v) is 1.52. The molecule has 2 N–H and O–H groups in total. The highest BCUT2D eigenvalue weighted by Crippen LogP contribution is 2.09. The molecule has 1 aliphatic rings. The number of pyridine rings is 1. The first-order valence-corrected chi connectivity index (χ1v) is 4.99. The van der Waals surface area contributed by atoms with Gasteiger partial charge >= 0.3 is 0 Å². The van der Waals surface area contributed by atoms with E-state index >= 15 is 0 Å². The van der Waals surface area contributed by atoms with Gasteiger partial charge in [0.15, 0.2) is 5.11 Å². The maximum Gasteiger partial charge on any atom is 0.276 e. The van der Waals surface area contributed by atoms with Crippen molar-refractivity contribution in [3.8, 4) is 0 Å². The largest absolute Gasteiger partial charge is 0.329 e. The van der Waals surface area contributed by atoms with Crippen LogP contribution in [0.3, 0.4) is 0 Å². The van der Waals surface area contributed by atoms with Gasteiger partial charge in [-0.2, -0.15) is 0 Å². The van der Waals surface area contributed by atoms with E-state index in [9.17, 15) is 9.59 Å². The molecule has 0 aromatic carbocycles. The fourth-order valence-electron chi connectivity index (χ4n) is 1.33. The first-order chi connectivity index (χ1) is 7.59. The number of thiocarbonyl (C=S) groups is 1. The monoisotopic (exact) mass is 235 g/mol. The third-order valence-corrected chi connectivity index (χ3v) is 2.61. The van der Waals surface area contributed by atoms with Crippen LogP contribution in [0.15, 0.2) is 28.8 Å². The Bertz CT molecular complexity index is 547. The Morgan fingerprint density at radius 3 is 2.75 bits per heavy atom. The van der Waals surface area contributed by atoms with Crippen LogP contribution in [0.25, 0.3) is 6.08 Å². The molecule has 1 fully saturated rings. The molecular formula is C10H9N3O2S. The smallest absolute Gasteiger partial charge is 0.276 e. The Hall–Kier alpha value is -1.95. The number of hydrogen-bond donors (Lipinski definition) is 2. The summed E-state index contributed by atoms with van der Waals surface area (Å²) in [5.74, 6) is -0.242. The summed E-state index contributed by atoms with van der Waals surface area (Å²) in [6.07, 6.45) is 3.02. The van der Waals surface area contributed by atoms with E-state index in [-0.39, 0.29) is 11.5 Å². The van der Waals surface area contributed by atoms with Crippen molar-refractivity contribution >= 4 is 29.3 Å². The summed E-state index contributed by atoms with van der Waals surface area (Å²) < 4.78 is 0. The van der Waals surface area contributed by atoms with Crippen LogP contribution >= 0.6 is 12.2 Å². The van der Waals surface area contributed by atoms with Gasteiger partial charge in [-0.3, -0.25) is 14.5 Å². The highest BCUT2D eigenvalue weighted by Gasteiger charge is 2.27. The molecule has 1 saturated heterocycles. The van der Waals surface area contributed by atoms with E-state index in [2.05, 4.69) is 10.3 Å². The lowest BCUT2D eigenvalue weighted by atomic mass is 10.2. The molecule has 0 bridgehead atoms. The minimum atomic E-state index is -0.245. The molecule has 1 aliphatic heterocycles. The summed E-state index contributed by atoms with van der Waals surface area (Å²) in [5.41, 5.74) is 0.478. The molecule has 0 radical (unpaired) electrons. The third kappa shape index (κ3) is 1.74. The van der Waals surface area contributed by atoms with Crippen LogP contribution in [0.5, 0.6) is 0 Å². The van der Waals surface area contributed by atoms with Crippen LogP contribution in [0.4, 0.5) is 0 Å². The summed E-state index contributed by atoms with van der Waals surface area (Å²) in [6, 6.07) is 3.32. The second-order valence-corrected chi connectivity index (χ2v) is 3.69. The van der Waals surface area contributed by atoms with Crippen molar-refractivity contribution in [3.05, 3.63) is 39.9 Å². The lowest BCUT2D eigenvalue weighted by molar-refractivity contribution is -0.121. The zero-order chi connectivity index (χ0) is 11.7. The number of aromatic amines is 1. The number of likely N-dealkylation sites (N-methyl/N-ethyl adjacent to an activating group) is 1. The van der Waals surface area contributed by atoms with Crippen LogP contribution in [0, 0.1) is 0 Å². The Kier molecular flexibility index (Phi) is 2.57. The molecule has 1 aromatic rings. The SMILES string of the molecule is CN1C(=O)/C(=C\c2ccc[nH]c2=O)NC1=S. The number of rotatable bonds is 1. The molecule has 1 amide bonds. The second kappa shape index (κ2) is 3.90. The molecule has 0 aliphatic carbocycles. The van der Waals surface area contributed by atoms with Crippen molar-refractivity contribution in [2.24, 2.45) is 0 Å². The van der Waals surface area contributed by atoms with Gasteiger partial charge in [0, 0.05) is 18.8 Å². The highest BCUT2D eigenvalue weighted by molar-refractivity contribution is 7.80. The lowest BCUT2D eigenvalue weighted by Gasteiger charge is -2.02.